The van der Waals surface area contributed by atoms with Gasteiger partial charge in [0.2, 0.25) is 0 Å². The Morgan fingerprint density at radius 2 is 1.81 bits per heavy atom. The number of anilines is 3. The predicted octanol–water partition coefficient (Wildman–Crippen LogP) is 7.75. The van der Waals surface area contributed by atoms with E-state index in [9.17, 15) is 9.65 Å². The standard InChI is InChI=1S/C32H29Cl2FN8/c1-2-42-12-10-24(11-13-42)43-19-29(40-41-43)31(20-6-4-3-5-7-20)39-23-14-25-30(38-22-8-9-28(35)26(33)15-22)21(17-36)18-37-32(25)27(34)16-23/h3-9,14-16,18-19,24,31,39H,2,10-13H2,1H3,(H,37,38)/t31-/m1/s1. The maximum atomic E-state index is 13.8. The van der Waals surface area contributed by atoms with Gasteiger partial charge < -0.3 is 15.5 Å². The van der Waals surface area contributed by atoms with Gasteiger partial charge in [-0.2, -0.15) is 5.26 Å². The molecule has 1 aliphatic heterocycles. The van der Waals surface area contributed by atoms with E-state index in [1.165, 1.54) is 18.3 Å². The number of pyridine rings is 1. The smallest absolute Gasteiger partial charge is 0.141 e. The number of nitrogens with one attached hydrogen (secondary N) is 2. The van der Waals surface area contributed by atoms with Gasteiger partial charge in [0.1, 0.15) is 17.6 Å². The van der Waals surface area contributed by atoms with E-state index in [2.05, 4.69) is 43.8 Å². The van der Waals surface area contributed by atoms with Crippen LogP contribution in [0.4, 0.5) is 21.5 Å². The van der Waals surface area contributed by atoms with Gasteiger partial charge >= 0.3 is 0 Å². The maximum Gasteiger partial charge on any atom is 0.141 e. The number of likely N-dealkylation sites (tertiary alicyclic amines) is 1. The van der Waals surface area contributed by atoms with Crippen LogP contribution in [0.2, 0.25) is 10.0 Å². The van der Waals surface area contributed by atoms with Gasteiger partial charge in [0.05, 0.1) is 45.1 Å². The first-order chi connectivity index (χ1) is 20.9. The molecule has 218 valence electrons. The lowest BCUT2D eigenvalue weighted by atomic mass is 10.0. The van der Waals surface area contributed by atoms with Gasteiger partial charge in [-0.05, 0) is 55.3 Å². The van der Waals surface area contributed by atoms with Crippen LogP contribution in [0, 0.1) is 17.1 Å². The van der Waals surface area contributed by atoms with Gasteiger partial charge in [-0.3, -0.25) is 4.98 Å². The molecular weight excluding hydrogens is 586 g/mol. The number of rotatable bonds is 8. The summed E-state index contributed by atoms with van der Waals surface area (Å²) in [7, 11) is 0. The van der Waals surface area contributed by atoms with Crippen molar-refractivity contribution in [2.45, 2.75) is 31.8 Å². The van der Waals surface area contributed by atoms with Crippen LogP contribution in [-0.2, 0) is 0 Å². The average molecular weight is 616 g/mol. The zero-order valence-electron chi connectivity index (χ0n) is 23.4. The van der Waals surface area contributed by atoms with Crippen molar-refractivity contribution in [3.05, 3.63) is 106 Å². The van der Waals surface area contributed by atoms with Crippen molar-refractivity contribution in [2.75, 3.05) is 30.3 Å². The van der Waals surface area contributed by atoms with Crippen LogP contribution in [0.3, 0.4) is 0 Å². The van der Waals surface area contributed by atoms with Crippen LogP contribution in [0.25, 0.3) is 10.9 Å². The van der Waals surface area contributed by atoms with Gasteiger partial charge in [0.25, 0.3) is 0 Å². The topological polar surface area (TPSA) is 94.7 Å². The normalized spacial score (nSPS) is 14.9. The van der Waals surface area contributed by atoms with Gasteiger partial charge in [0.15, 0.2) is 0 Å². The summed E-state index contributed by atoms with van der Waals surface area (Å²) in [5.41, 5.74) is 4.32. The molecule has 11 heteroatoms. The van der Waals surface area contributed by atoms with E-state index in [1.54, 1.807) is 6.07 Å². The number of hydrogen-bond donors (Lipinski definition) is 2. The number of halogens is 3. The number of nitrogens with zero attached hydrogens (tertiary/aromatic N) is 6. The van der Waals surface area contributed by atoms with Gasteiger partial charge in [-0.15, -0.1) is 5.10 Å². The maximum absolute atomic E-state index is 13.8. The highest BCUT2D eigenvalue weighted by molar-refractivity contribution is 6.36. The van der Waals surface area contributed by atoms with Crippen molar-refractivity contribution in [1.82, 2.24) is 24.9 Å². The lowest BCUT2D eigenvalue weighted by molar-refractivity contribution is 0.186. The van der Waals surface area contributed by atoms with Crippen molar-refractivity contribution in [3.63, 3.8) is 0 Å². The first-order valence-corrected chi connectivity index (χ1v) is 14.9. The molecule has 6 rings (SSSR count). The summed E-state index contributed by atoms with van der Waals surface area (Å²) in [5, 5.41) is 26.8. The van der Waals surface area contributed by atoms with E-state index in [4.69, 9.17) is 23.2 Å². The molecule has 0 aliphatic carbocycles. The molecule has 0 spiro atoms. The summed E-state index contributed by atoms with van der Waals surface area (Å²) in [4.78, 5) is 6.90. The molecule has 0 saturated carbocycles. The monoisotopic (exact) mass is 614 g/mol. The average Bonchev–Trinajstić information content (AvgIpc) is 3.52. The molecule has 2 aromatic heterocycles. The minimum absolute atomic E-state index is 0.0306. The number of hydrogen-bond acceptors (Lipinski definition) is 7. The van der Waals surface area contributed by atoms with E-state index in [0.29, 0.717) is 44.6 Å². The highest BCUT2D eigenvalue weighted by Gasteiger charge is 2.24. The summed E-state index contributed by atoms with van der Waals surface area (Å²) < 4.78 is 15.8. The zero-order valence-corrected chi connectivity index (χ0v) is 24.9. The number of piperidine rings is 1. The van der Waals surface area contributed by atoms with Gasteiger partial charge in [0, 0.05) is 36.0 Å². The largest absolute Gasteiger partial charge is 0.373 e. The first kappa shape index (κ1) is 28.9. The number of benzene rings is 3. The van der Waals surface area contributed by atoms with Crippen LogP contribution in [0.15, 0.2) is 73.1 Å². The van der Waals surface area contributed by atoms with Crippen LogP contribution in [-0.4, -0.2) is 44.5 Å². The highest BCUT2D eigenvalue weighted by Crippen LogP contribution is 2.37. The second kappa shape index (κ2) is 12.6. The first-order valence-electron chi connectivity index (χ1n) is 14.1. The molecule has 0 radical (unpaired) electrons. The molecular formula is C32H29Cl2FN8. The Morgan fingerprint density at radius 1 is 1.05 bits per heavy atom. The number of fused-ring (bicyclic) bond motifs is 1. The molecule has 8 nitrogen and oxygen atoms in total. The fraction of sp³-hybridized carbons (Fsp3) is 0.250. The summed E-state index contributed by atoms with van der Waals surface area (Å²) >= 11 is 12.8. The minimum Gasteiger partial charge on any atom is -0.373 e. The summed E-state index contributed by atoms with van der Waals surface area (Å²) in [6, 6.07) is 20.2. The van der Waals surface area contributed by atoms with E-state index in [0.717, 1.165) is 43.7 Å². The highest BCUT2D eigenvalue weighted by atomic mass is 35.5. The predicted molar refractivity (Wildman–Crippen MR) is 168 cm³/mol. The Labute approximate surface area is 259 Å². The van der Waals surface area contributed by atoms with Gasteiger partial charge in [-0.25, -0.2) is 9.07 Å². The molecule has 5 aromatic rings. The molecule has 1 atom stereocenters. The lowest BCUT2D eigenvalue weighted by Gasteiger charge is -2.30. The summed E-state index contributed by atoms with van der Waals surface area (Å²) in [5.74, 6) is -0.530. The lowest BCUT2D eigenvalue weighted by Crippen LogP contribution is -2.34. The zero-order chi connectivity index (χ0) is 29.9. The molecule has 1 aliphatic rings. The fourth-order valence-corrected chi connectivity index (χ4v) is 5.97. The van der Waals surface area contributed by atoms with Crippen LogP contribution in [0.1, 0.15) is 48.7 Å². The molecule has 1 fully saturated rings. The summed E-state index contributed by atoms with van der Waals surface area (Å²) in [6.07, 6.45) is 5.55. The molecule has 1 saturated heterocycles. The van der Waals surface area contributed by atoms with Crippen molar-refractivity contribution < 1.29 is 4.39 Å². The molecule has 3 aromatic carbocycles. The molecule has 2 N–H and O–H groups in total. The third kappa shape index (κ3) is 6.13. The van der Waals surface area contributed by atoms with Crippen molar-refractivity contribution in [1.29, 1.82) is 5.26 Å². The van der Waals surface area contributed by atoms with Crippen LogP contribution in [0.5, 0.6) is 0 Å². The molecule has 0 bridgehead atoms. The molecule has 0 amide bonds. The van der Waals surface area contributed by atoms with E-state index in [-0.39, 0.29) is 11.1 Å². The second-order valence-electron chi connectivity index (χ2n) is 10.5. The Kier molecular flexibility index (Phi) is 8.43. The quantitative estimate of drug-likeness (QED) is 0.184. The van der Waals surface area contributed by atoms with Crippen molar-refractivity contribution in [2.24, 2.45) is 0 Å². The number of nitriles is 1. The van der Waals surface area contributed by atoms with Crippen molar-refractivity contribution >= 4 is 51.2 Å². The van der Waals surface area contributed by atoms with Crippen molar-refractivity contribution in [3.8, 4) is 6.07 Å². The molecule has 0 unspecified atom stereocenters. The van der Waals surface area contributed by atoms with E-state index >= 15 is 0 Å². The van der Waals surface area contributed by atoms with Crippen LogP contribution >= 0.6 is 23.2 Å². The van der Waals surface area contributed by atoms with E-state index < -0.39 is 5.82 Å². The third-order valence-corrected chi connectivity index (χ3v) is 8.46. The Morgan fingerprint density at radius 3 is 2.53 bits per heavy atom. The summed E-state index contributed by atoms with van der Waals surface area (Å²) in [6.45, 7) is 5.35. The van der Waals surface area contributed by atoms with E-state index in [1.807, 2.05) is 53.3 Å². The SMILES string of the molecule is CCN1CCC(n2cc([C@H](Nc3cc(Cl)c4ncc(C#N)c(Nc5ccc(F)c(Cl)c5)c4c3)c3ccccc3)nn2)CC1. The number of aromatic nitrogens is 4. The molecule has 3 heterocycles. The Hall–Kier alpha value is -4.23. The Balaban J connectivity index is 1.37. The fourth-order valence-electron chi connectivity index (χ4n) is 5.52. The molecule has 43 heavy (non-hydrogen) atoms. The van der Waals surface area contributed by atoms with Gasteiger partial charge in [-0.1, -0.05) is 65.7 Å². The van der Waals surface area contributed by atoms with Crippen LogP contribution < -0.4 is 10.6 Å². The second-order valence-corrected chi connectivity index (χ2v) is 11.4. The Bertz CT molecular complexity index is 1800. The third-order valence-electron chi connectivity index (χ3n) is 7.88. The minimum atomic E-state index is -0.530.